The standard InChI is InChI=1S/C20H22N4O2S/c1-26-15-12-16(14-8-4-2-5-9-14)27-19(15)20(25)21-13-18-23-22-17-10-6-3-7-11-24(17)18/h2,4-5,8-9,12H,3,6-7,10-11,13H2,1H3,(H,21,25). The van der Waals surface area contributed by atoms with Crippen LogP contribution in [0.1, 0.15) is 40.6 Å². The van der Waals surface area contributed by atoms with Gasteiger partial charge in [0, 0.05) is 17.8 Å². The van der Waals surface area contributed by atoms with Crippen molar-refractivity contribution in [2.45, 2.75) is 38.8 Å². The monoisotopic (exact) mass is 382 g/mol. The van der Waals surface area contributed by atoms with Crippen molar-refractivity contribution in [2.75, 3.05) is 7.11 Å². The van der Waals surface area contributed by atoms with Gasteiger partial charge in [-0.2, -0.15) is 0 Å². The van der Waals surface area contributed by atoms with Crippen LogP contribution in [0.3, 0.4) is 0 Å². The summed E-state index contributed by atoms with van der Waals surface area (Å²) in [6.07, 6.45) is 4.45. The number of ether oxygens (including phenoxy) is 1. The van der Waals surface area contributed by atoms with E-state index < -0.39 is 0 Å². The lowest BCUT2D eigenvalue weighted by Gasteiger charge is -2.08. The van der Waals surface area contributed by atoms with Crippen LogP contribution in [0, 0.1) is 0 Å². The number of hydrogen-bond donors (Lipinski definition) is 1. The quantitative estimate of drug-likeness (QED) is 0.731. The maximum Gasteiger partial charge on any atom is 0.265 e. The molecule has 0 unspecified atom stereocenters. The van der Waals surface area contributed by atoms with E-state index in [2.05, 4.69) is 20.1 Å². The lowest BCUT2D eigenvalue weighted by Crippen LogP contribution is -2.24. The molecule has 0 bridgehead atoms. The number of carbonyl (C=O) groups is 1. The predicted octanol–water partition coefficient (Wildman–Crippen LogP) is 3.67. The number of aryl methyl sites for hydroxylation is 1. The molecule has 0 fully saturated rings. The van der Waals surface area contributed by atoms with Crippen molar-refractivity contribution in [3.63, 3.8) is 0 Å². The highest BCUT2D eigenvalue weighted by atomic mass is 32.1. The summed E-state index contributed by atoms with van der Waals surface area (Å²) < 4.78 is 7.58. The second kappa shape index (κ2) is 7.92. The molecular formula is C20H22N4O2S. The number of nitrogens with one attached hydrogen (secondary N) is 1. The highest BCUT2D eigenvalue weighted by Gasteiger charge is 2.20. The zero-order valence-corrected chi connectivity index (χ0v) is 16.1. The summed E-state index contributed by atoms with van der Waals surface area (Å²) in [4.78, 5) is 14.3. The SMILES string of the molecule is COc1cc(-c2ccccc2)sc1C(=O)NCc1nnc2n1CCCCC2. The minimum Gasteiger partial charge on any atom is -0.495 e. The van der Waals surface area contributed by atoms with Crippen molar-refractivity contribution in [1.29, 1.82) is 0 Å². The molecule has 0 spiro atoms. The molecule has 4 rings (SSSR count). The molecule has 0 radical (unpaired) electrons. The molecule has 6 nitrogen and oxygen atoms in total. The average molecular weight is 382 g/mol. The van der Waals surface area contributed by atoms with Crippen LogP contribution in [0.25, 0.3) is 10.4 Å². The van der Waals surface area contributed by atoms with Crippen LogP contribution in [0.15, 0.2) is 36.4 Å². The van der Waals surface area contributed by atoms with E-state index in [1.165, 1.54) is 17.8 Å². The van der Waals surface area contributed by atoms with Crippen molar-refractivity contribution in [3.8, 4) is 16.2 Å². The van der Waals surface area contributed by atoms with E-state index in [9.17, 15) is 4.79 Å². The topological polar surface area (TPSA) is 69.0 Å². The summed E-state index contributed by atoms with van der Waals surface area (Å²) in [5.74, 6) is 2.29. The van der Waals surface area contributed by atoms with Crippen LogP contribution in [0.4, 0.5) is 0 Å². The number of carbonyl (C=O) groups excluding carboxylic acids is 1. The molecule has 7 heteroatoms. The zero-order valence-electron chi connectivity index (χ0n) is 15.3. The number of hydrogen-bond acceptors (Lipinski definition) is 5. The third-order valence-corrected chi connectivity index (χ3v) is 5.94. The molecule has 0 atom stereocenters. The van der Waals surface area contributed by atoms with Gasteiger partial charge in [0.05, 0.1) is 13.7 Å². The van der Waals surface area contributed by atoms with Gasteiger partial charge in [-0.05, 0) is 24.5 Å². The third-order valence-electron chi connectivity index (χ3n) is 4.78. The van der Waals surface area contributed by atoms with Gasteiger partial charge in [-0.3, -0.25) is 4.79 Å². The molecule has 2 aromatic heterocycles. The molecule has 1 amide bonds. The van der Waals surface area contributed by atoms with Crippen molar-refractivity contribution in [2.24, 2.45) is 0 Å². The maximum atomic E-state index is 12.8. The molecule has 3 heterocycles. The maximum absolute atomic E-state index is 12.8. The Kier molecular flexibility index (Phi) is 5.20. The molecule has 0 aliphatic carbocycles. The zero-order chi connectivity index (χ0) is 18.6. The molecule has 0 saturated carbocycles. The molecule has 1 aliphatic heterocycles. The van der Waals surface area contributed by atoms with Crippen molar-refractivity contribution in [1.82, 2.24) is 20.1 Å². The normalized spacial score (nSPS) is 13.7. The second-order valence-electron chi connectivity index (χ2n) is 6.55. The number of aromatic nitrogens is 3. The summed E-state index contributed by atoms with van der Waals surface area (Å²) in [6, 6.07) is 11.9. The number of amides is 1. The minimum absolute atomic E-state index is 0.148. The van der Waals surface area contributed by atoms with Gasteiger partial charge >= 0.3 is 0 Å². The van der Waals surface area contributed by atoms with Crippen LogP contribution < -0.4 is 10.1 Å². The molecule has 1 aliphatic rings. The lowest BCUT2D eigenvalue weighted by molar-refractivity contribution is 0.0951. The predicted molar refractivity (Wildman–Crippen MR) is 105 cm³/mol. The molecule has 0 saturated heterocycles. The van der Waals surface area contributed by atoms with Crippen molar-refractivity contribution < 1.29 is 9.53 Å². The van der Waals surface area contributed by atoms with Gasteiger partial charge in [-0.15, -0.1) is 21.5 Å². The van der Waals surface area contributed by atoms with Crippen molar-refractivity contribution in [3.05, 3.63) is 52.9 Å². The van der Waals surface area contributed by atoms with Gasteiger partial charge in [0.25, 0.3) is 5.91 Å². The van der Waals surface area contributed by atoms with E-state index in [4.69, 9.17) is 4.74 Å². The lowest BCUT2D eigenvalue weighted by atomic mass is 10.2. The number of methoxy groups -OCH3 is 1. The molecule has 1 aromatic carbocycles. The summed E-state index contributed by atoms with van der Waals surface area (Å²) in [6.45, 7) is 1.29. The highest BCUT2D eigenvalue weighted by Crippen LogP contribution is 2.36. The van der Waals surface area contributed by atoms with Gasteiger partial charge in [0.1, 0.15) is 16.5 Å². The number of benzene rings is 1. The summed E-state index contributed by atoms with van der Waals surface area (Å²) in [7, 11) is 1.59. The fraction of sp³-hybridized carbons (Fsp3) is 0.350. The van der Waals surface area contributed by atoms with Gasteiger partial charge in [-0.1, -0.05) is 36.8 Å². The Balaban J connectivity index is 1.50. The van der Waals surface area contributed by atoms with E-state index >= 15 is 0 Å². The molecule has 140 valence electrons. The van der Waals surface area contributed by atoms with E-state index in [-0.39, 0.29) is 5.91 Å². The fourth-order valence-electron chi connectivity index (χ4n) is 3.34. The Labute approximate surface area is 162 Å². The molecular weight excluding hydrogens is 360 g/mol. The summed E-state index contributed by atoms with van der Waals surface area (Å²) >= 11 is 1.43. The Morgan fingerprint density at radius 2 is 2.07 bits per heavy atom. The Bertz CT molecular complexity index is 933. The Morgan fingerprint density at radius 3 is 2.89 bits per heavy atom. The first-order valence-electron chi connectivity index (χ1n) is 9.18. The first-order valence-corrected chi connectivity index (χ1v) is 10.0. The van der Waals surface area contributed by atoms with Crippen LogP contribution in [-0.2, 0) is 19.5 Å². The Hall–Kier alpha value is -2.67. The van der Waals surface area contributed by atoms with E-state index in [0.717, 1.165) is 47.9 Å². The smallest absolute Gasteiger partial charge is 0.265 e. The van der Waals surface area contributed by atoms with Crippen LogP contribution >= 0.6 is 11.3 Å². The van der Waals surface area contributed by atoms with E-state index in [1.54, 1.807) is 7.11 Å². The molecule has 3 aromatic rings. The number of rotatable bonds is 5. The minimum atomic E-state index is -0.148. The van der Waals surface area contributed by atoms with Gasteiger partial charge in [0.15, 0.2) is 5.82 Å². The van der Waals surface area contributed by atoms with Crippen LogP contribution in [0.2, 0.25) is 0 Å². The van der Waals surface area contributed by atoms with Crippen LogP contribution in [-0.4, -0.2) is 27.8 Å². The Morgan fingerprint density at radius 1 is 1.22 bits per heavy atom. The summed E-state index contributed by atoms with van der Waals surface area (Å²) in [5, 5.41) is 11.5. The average Bonchev–Trinajstić information content (AvgIpc) is 3.24. The summed E-state index contributed by atoms with van der Waals surface area (Å²) in [5.41, 5.74) is 1.07. The highest BCUT2D eigenvalue weighted by molar-refractivity contribution is 7.17. The molecule has 1 N–H and O–H groups in total. The first-order chi connectivity index (χ1) is 13.3. The first kappa shape index (κ1) is 17.7. The van der Waals surface area contributed by atoms with Crippen molar-refractivity contribution >= 4 is 17.2 Å². The van der Waals surface area contributed by atoms with Gasteiger partial charge in [-0.25, -0.2) is 0 Å². The number of thiophene rings is 1. The van der Waals surface area contributed by atoms with Crippen LogP contribution in [0.5, 0.6) is 5.75 Å². The number of nitrogens with zero attached hydrogens (tertiary/aromatic N) is 3. The van der Waals surface area contributed by atoms with E-state index in [1.807, 2.05) is 36.4 Å². The van der Waals surface area contributed by atoms with Gasteiger partial charge in [0.2, 0.25) is 0 Å². The second-order valence-corrected chi connectivity index (χ2v) is 7.60. The number of fused-ring (bicyclic) bond motifs is 1. The third kappa shape index (κ3) is 3.73. The van der Waals surface area contributed by atoms with Gasteiger partial charge < -0.3 is 14.6 Å². The molecule has 27 heavy (non-hydrogen) atoms. The fourth-order valence-corrected chi connectivity index (χ4v) is 4.39. The van der Waals surface area contributed by atoms with E-state index in [0.29, 0.717) is 17.2 Å². The largest absolute Gasteiger partial charge is 0.495 e.